The van der Waals surface area contributed by atoms with Gasteiger partial charge in [0.05, 0.1) is 6.54 Å². The second-order valence-corrected chi connectivity index (χ2v) is 6.01. The number of benzene rings is 1. The SMILES string of the molecule is CN=C(NCc1nccn1Cc1ccccc1)NC1CCCC1. The molecule has 1 aromatic carbocycles. The largest absolute Gasteiger partial charge is 0.354 e. The van der Waals surface area contributed by atoms with E-state index in [-0.39, 0.29) is 0 Å². The van der Waals surface area contributed by atoms with Gasteiger partial charge in [-0.05, 0) is 18.4 Å². The molecular formula is C18H25N5. The quantitative estimate of drug-likeness (QED) is 0.659. The zero-order valence-electron chi connectivity index (χ0n) is 13.7. The van der Waals surface area contributed by atoms with E-state index < -0.39 is 0 Å². The molecule has 122 valence electrons. The standard InChI is InChI=1S/C18H25N5/c1-19-18(22-16-9-5-6-10-16)21-13-17-20-11-12-23(17)14-15-7-3-2-4-8-15/h2-4,7-8,11-12,16H,5-6,9-10,13-14H2,1H3,(H2,19,21,22). The lowest BCUT2D eigenvalue weighted by Crippen LogP contribution is -2.42. The molecule has 0 amide bonds. The first-order valence-electron chi connectivity index (χ1n) is 8.36. The average molecular weight is 311 g/mol. The van der Waals surface area contributed by atoms with Crippen molar-refractivity contribution in [2.45, 2.75) is 44.8 Å². The fourth-order valence-electron chi connectivity index (χ4n) is 3.05. The van der Waals surface area contributed by atoms with Crippen LogP contribution in [0.25, 0.3) is 0 Å². The Morgan fingerprint density at radius 3 is 2.78 bits per heavy atom. The first kappa shape index (κ1) is 15.6. The first-order valence-corrected chi connectivity index (χ1v) is 8.36. The van der Waals surface area contributed by atoms with Crippen LogP contribution in [0.15, 0.2) is 47.7 Å². The molecule has 1 fully saturated rings. The maximum atomic E-state index is 4.47. The van der Waals surface area contributed by atoms with Gasteiger partial charge >= 0.3 is 0 Å². The highest BCUT2D eigenvalue weighted by molar-refractivity contribution is 5.79. The van der Waals surface area contributed by atoms with E-state index in [0.717, 1.165) is 18.3 Å². The Labute approximate surface area is 137 Å². The molecule has 23 heavy (non-hydrogen) atoms. The Kier molecular flexibility index (Phi) is 5.29. The van der Waals surface area contributed by atoms with E-state index in [1.54, 1.807) is 0 Å². The molecule has 3 rings (SSSR count). The summed E-state index contributed by atoms with van der Waals surface area (Å²) >= 11 is 0. The molecule has 2 N–H and O–H groups in total. The molecule has 0 saturated heterocycles. The van der Waals surface area contributed by atoms with Crippen LogP contribution in [-0.4, -0.2) is 28.6 Å². The molecular weight excluding hydrogens is 286 g/mol. The van der Waals surface area contributed by atoms with Crippen molar-refractivity contribution in [3.63, 3.8) is 0 Å². The molecule has 1 aliphatic rings. The van der Waals surface area contributed by atoms with Crippen LogP contribution in [0, 0.1) is 0 Å². The second kappa shape index (κ2) is 7.81. The van der Waals surface area contributed by atoms with Crippen LogP contribution in [0.4, 0.5) is 0 Å². The number of nitrogens with zero attached hydrogens (tertiary/aromatic N) is 3. The number of rotatable bonds is 5. The molecule has 5 nitrogen and oxygen atoms in total. The van der Waals surface area contributed by atoms with Gasteiger partial charge in [0, 0.05) is 32.0 Å². The third-order valence-corrected chi connectivity index (χ3v) is 4.33. The van der Waals surface area contributed by atoms with Gasteiger partial charge in [-0.3, -0.25) is 4.99 Å². The Balaban J connectivity index is 1.56. The normalized spacial score (nSPS) is 15.8. The molecule has 0 spiro atoms. The number of hydrogen-bond acceptors (Lipinski definition) is 2. The van der Waals surface area contributed by atoms with Crippen LogP contribution in [0.1, 0.15) is 37.1 Å². The maximum absolute atomic E-state index is 4.47. The van der Waals surface area contributed by atoms with E-state index in [1.807, 2.05) is 25.5 Å². The van der Waals surface area contributed by atoms with E-state index in [2.05, 4.69) is 49.4 Å². The molecule has 0 aliphatic heterocycles. The van der Waals surface area contributed by atoms with Crippen LogP contribution >= 0.6 is 0 Å². The van der Waals surface area contributed by atoms with Gasteiger partial charge in [0.2, 0.25) is 0 Å². The molecule has 1 aromatic heterocycles. The Bertz CT molecular complexity index is 626. The van der Waals surface area contributed by atoms with E-state index in [1.165, 1.54) is 31.2 Å². The second-order valence-electron chi connectivity index (χ2n) is 6.01. The van der Waals surface area contributed by atoms with Crippen LogP contribution < -0.4 is 10.6 Å². The van der Waals surface area contributed by atoms with Crippen molar-refractivity contribution in [3.8, 4) is 0 Å². The number of guanidine groups is 1. The number of aliphatic imine (C=N–C) groups is 1. The van der Waals surface area contributed by atoms with Crippen LogP contribution in [0.3, 0.4) is 0 Å². The summed E-state index contributed by atoms with van der Waals surface area (Å²) in [6.45, 7) is 1.51. The summed E-state index contributed by atoms with van der Waals surface area (Å²) < 4.78 is 2.17. The minimum absolute atomic E-state index is 0.560. The summed E-state index contributed by atoms with van der Waals surface area (Å²) in [5, 5.41) is 6.88. The third kappa shape index (κ3) is 4.34. The predicted molar refractivity (Wildman–Crippen MR) is 93.4 cm³/mol. The molecule has 2 aromatic rings. The number of hydrogen-bond donors (Lipinski definition) is 2. The van der Waals surface area contributed by atoms with Crippen molar-refractivity contribution in [1.82, 2.24) is 20.2 Å². The van der Waals surface area contributed by atoms with Gasteiger partial charge in [0.1, 0.15) is 5.82 Å². The highest BCUT2D eigenvalue weighted by atomic mass is 15.2. The highest BCUT2D eigenvalue weighted by Crippen LogP contribution is 2.17. The van der Waals surface area contributed by atoms with E-state index in [4.69, 9.17) is 0 Å². The summed E-state index contributed by atoms with van der Waals surface area (Å²) in [4.78, 5) is 8.79. The summed E-state index contributed by atoms with van der Waals surface area (Å²) in [7, 11) is 1.82. The lowest BCUT2D eigenvalue weighted by Gasteiger charge is -2.17. The fraction of sp³-hybridized carbons (Fsp3) is 0.444. The highest BCUT2D eigenvalue weighted by Gasteiger charge is 2.16. The minimum atomic E-state index is 0.560. The molecule has 1 saturated carbocycles. The molecule has 1 aliphatic carbocycles. The van der Waals surface area contributed by atoms with Crippen LogP contribution in [0.5, 0.6) is 0 Å². The molecule has 0 radical (unpaired) electrons. The monoisotopic (exact) mass is 311 g/mol. The van der Waals surface area contributed by atoms with E-state index in [9.17, 15) is 0 Å². The number of imidazole rings is 1. The zero-order chi connectivity index (χ0) is 15.9. The van der Waals surface area contributed by atoms with Gasteiger partial charge in [-0.15, -0.1) is 0 Å². The Morgan fingerprint density at radius 2 is 2.04 bits per heavy atom. The third-order valence-electron chi connectivity index (χ3n) is 4.33. The van der Waals surface area contributed by atoms with Gasteiger partial charge in [0.25, 0.3) is 0 Å². The fourth-order valence-corrected chi connectivity index (χ4v) is 3.05. The van der Waals surface area contributed by atoms with Gasteiger partial charge in [-0.2, -0.15) is 0 Å². The van der Waals surface area contributed by atoms with Gasteiger partial charge in [-0.1, -0.05) is 43.2 Å². The predicted octanol–water partition coefficient (Wildman–Crippen LogP) is 2.54. The molecule has 0 unspecified atom stereocenters. The van der Waals surface area contributed by atoms with Gasteiger partial charge in [-0.25, -0.2) is 4.98 Å². The summed E-state index contributed by atoms with van der Waals surface area (Å²) in [6, 6.07) is 11.0. The molecule has 1 heterocycles. The Morgan fingerprint density at radius 1 is 1.26 bits per heavy atom. The topological polar surface area (TPSA) is 54.2 Å². The van der Waals surface area contributed by atoms with Crippen molar-refractivity contribution in [3.05, 3.63) is 54.1 Å². The molecule has 0 atom stereocenters. The zero-order valence-corrected chi connectivity index (χ0v) is 13.7. The van der Waals surface area contributed by atoms with E-state index >= 15 is 0 Å². The van der Waals surface area contributed by atoms with Crippen LogP contribution in [0.2, 0.25) is 0 Å². The lowest BCUT2D eigenvalue weighted by molar-refractivity contribution is 0.607. The summed E-state index contributed by atoms with van der Waals surface area (Å²) in [5.41, 5.74) is 1.28. The van der Waals surface area contributed by atoms with Crippen molar-refractivity contribution < 1.29 is 0 Å². The van der Waals surface area contributed by atoms with Gasteiger partial charge < -0.3 is 15.2 Å². The Hall–Kier alpha value is -2.30. The van der Waals surface area contributed by atoms with E-state index in [0.29, 0.717) is 12.6 Å². The number of nitrogens with one attached hydrogen (secondary N) is 2. The van der Waals surface area contributed by atoms with Crippen molar-refractivity contribution >= 4 is 5.96 Å². The average Bonchev–Trinajstić information content (AvgIpc) is 3.24. The van der Waals surface area contributed by atoms with Crippen molar-refractivity contribution in [2.75, 3.05) is 7.05 Å². The molecule has 5 heteroatoms. The van der Waals surface area contributed by atoms with Crippen LogP contribution in [-0.2, 0) is 13.1 Å². The summed E-state index contributed by atoms with van der Waals surface area (Å²) in [6.07, 6.45) is 8.99. The van der Waals surface area contributed by atoms with Crippen molar-refractivity contribution in [2.24, 2.45) is 4.99 Å². The summed E-state index contributed by atoms with van der Waals surface area (Å²) in [5.74, 6) is 1.88. The van der Waals surface area contributed by atoms with Gasteiger partial charge in [0.15, 0.2) is 5.96 Å². The van der Waals surface area contributed by atoms with Crippen molar-refractivity contribution in [1.29, 1.82) is 0 Å². The smallest absolute Gasteiger partial charge is 0.191 e. The number of aromatic nitrogens is 2. The molecule has 0 bridgehead atoms. The first-order chi connectivity index (χ1) is 11.3. The maximum Gasteiger partial charge on any atom is 0.191 e. The lowest BCUT2D eigenvalue weighted by atomic mass is 10.2. The minimum Gasteiger partial charge on any atom is -0.354 e.